The molecule has 10 nitrogen and oxygen atoms in total. The Morgan fingerprint density at radius 1 is 1.14 bits per heavy atom. The number of pyridine rings is 1. The Balaban J connectivity index is 1.50. The van der Waals surface area contributed by atoms with Crippen LogP contribution in [0.3, 0.4) is 0 Å². The molecule has 3 aromatic rings. The summed E-state index contributed by atoms with van der Waals surface area (Å²) in [5.41, 5.74) is 1.46. The number of nitrogens with zero attached hydrogens (tertiary/aromatic N) is 3. The molecule has 0 bridgehead atoms. The second-order valence-electron chi connectivity index (χ2n) is 13.5. The van der Waals surface area contributed by atoms with Crippen LogP contribution in [0.15, 0.2) is 36.7 Å². The van der Waals surface area contributed by atoms with E-state index >= 15 is 4.39 Å². The predicted molar refractivity (Wildman–Crippen MR) is 171 cm³/mol. The minimum Gasteiger partial charge on any atom is -0.453 e. The average molecular weight is 628 g/mol. The maximum Gasteiger partial charge on any atom is 0.408 e. The van der Waals surface area contributed by atoms with Crippen molar-refractivity contribution in [2.24, 2.45) is 0 Å². The molecule has 1 aromatic carbocycles. The first kappa shape index (κ1) is 33.4. The van der Waals surface area contributed by atoms with Gasteiger partial charge in [0.1, 0.15) is 29.8 Å². The van der Waals surface area contributed by atoms with Crippen LogP contribution in [0.2, 0.25) is 25.7 Å². The molecule has 240 valence electrons. The number of aromatic nitrogens is 2. The number of rotatable bonds is 11. The molecule has 0 spiro atoms. The van der Waals surface area contributed by atoms with Gasteiger partial charge in [-0.1, -0.05) is 25.7 Å². The Bertz CT molecular complexity index is 1460. The zero-order chi connectivity index (χ0) is 32.1. The summed E-state index contributed by atoms with van der Waals surface area (Å²) in [5, 5.41) is 6.70. The minimum absolute atomic E-state index is 0.0462. The van der Waals surface area contributed by atoms with E-state index in [2.05, 4.69) is 35.3 Å². The fourth-order valence-corrected chi connectivity index (χ4v) is 5.73. The number of carbonyl (C=O) groups excluding carboxylic acids is 2. The average Bonchev–Trinajstić information content (AvgIpc) is 3.26. The topological polar surface area (TPSA) is 107 Å². The van der Waals surface area contributed by atoms with Gasteiger partial charge in [-0.3, -0.25) is 4.79 Å². The Labute approximate surface area is 260 Å². The lowest BCUT2D eigenvalue weighted by Crippen LogP contribution is -2.55. The molecule has 12 heteroatoms. The molecule has 2 amide bonds. The normalized spacial score (nSPS) is 14.9. The Kier molecular flexibility index (Phi) is 10.7. The van der Waals surface area contributed by atoms with E-state index in [4.69, 9.17) is 14.2 Å². The fraction of sp³-hybridized carbons (Fsp3) is 0.531. The van der Waals surface area contributed by atoms with E-state index in [0.717, 1.165) is 17.0 Å². The van der Waals surface area contributed by atoms with E-state index in [9.17, 15) is 9.59 Å². The third-order valence-corrected chi connectivity index (χ3v) is 8.91. The van der Waals surface area contributed by atoms with E-state index in [0.29, 0.717) is 56.5 Å². The van der Waals surface area contributed by atoms with Crippen LogP contribution in [0.1, 0.15) is 31.9 Å². The molecule has 2 aromatic heterocycles. The van der Waals surface area contributed by atoms with Crippen LogP contribution in [0, 0.1) is 12.7 Å². The molecule has 4 rings (SSSR count). The van der Waals surface area contributed by atoms with Gasteiger partial charge in [0.05, 0.1) is 5.39 Å². The van der Waals surface area contributed by atoms with Gasteiger partial charge in [-0.15, -0.1) is 0 Å². The SMILES string of the molecule is Cc1cn(COCC[Si](C)(C)C)c2nccc(Oc3ccc(C[C@H](NC(=O)OC(C)(C)C)C(=O)N4CCNCC4)cc3F)c12. The first-order valence-electron chi connectivity index (χ1n) is 15.2. The van der Waals surface area contributed by atoms with Gasteiger partial charge in [-0.2, -0.15) is 0 Å². The summed E-state index contributed by atoms with van der Waals surface area (Å²) in [7, 11) is -1.20. The summed E-state index contributed by atoms with van der Waals surface area (Å²) in [5.74, 6) is -0.283. The molecule has 1 saturated heterocycles. The third kappa shape index (κ3) is 9.26. The number of hydrogen-bond acceptors (Lipinski definition) is 7. The molecule has 1 aliphatic rings. The first-order chi connectivity index (χ1) is 20.7. The van der Waals surface area contributed by atoms with Gasteiger partial charge in [0.25, 0.3) is 0 Å². The van der Waals surface area contributed by atoms with E-state index < -0.39 is 31.6 Å². The number of aryl methyl sites for hydroxylation is 1. The highest BCUT2D eigenvalue weighted by Gasteiger charge is 2.29. The summed E-state index contributed by atoms with van der Waals surface area (Å²) in [6.45, 7) is 17.6. The number of fused-ring (bicyclic) bond motifs is 1. The van der Waals surface area contributed by atoms with Gasteiger partial charge in [-0.25, -0.2) is 14.2 Å². The van der Waals surface area contributed by atoms with Crippen LogP contribution in [0.4, 0.5) is 9.18 Å². The van der Waals surface area contributed by atoms with Crippen molar-refractivity contribution in [1.29, 1.82) is 0 Å². The second-order valence-corrected chi connectivity index (χ2v) is 19.1. The molecule has 0 aliphatic carbocycles. The minimum atomic E-state index is -1.20. The van der Waals surface area contributed by atoms with Crippen molar-refractivity contribution in [3.63, 3.8) is 0 Å². The van der Waals surface area contributed by atoms with E-state index in [1.54, 1.807) is 50.1 Å². The summed E-state index contributed by atoms with van der Waals surface area (Å²) < 4.78 is 34.8. The molecule has 1 atom stereocenters. The van der Waals surface area contributed by atoms with Gasteiger partial charge in [-0.05, 0) is 63.1 Å². The van der Waals surface area contributed by atoms with Crippen molar-refractivity contribution >= 4 is 31.1 Å². The molecular formula is C32H46FN5O5Si. The van der Waals surface area contributed by atoms with E-state index in [1.807, 2.05) is 17.7 Å². The third-order valence-electron chi connectivity index (χ3n) is 7.21. The van der Waals surface area contributed by atoms with E-state index in [-0.39, 0.29) is 18.1 Å². The van der Waals surface area contributed by atoms with Gasteiger partial charge in [0.15, 0.2) is 11.6 Å². The lowest BCUT2D eigenvalue weighted by molar-refractivity contribution is -0.134. The molecular weight excluding hydrogens is 581 g/mol. The highest BCUT2D eigenvalue weighted by molar-refractivity contribution is 6.76. The molecule has 0 radical (unpaired) electrons. The highest BCUT2D eigenvalue weighted by Crippen LogP contribution is 2.34. The van der Waals surface area contributed by atoms with Crippen LogP contribution in [-0.4, -0.2) is 79.0 Å². The summed E-state index contributed by atoms with van der Waals surface area (Å²) >= 11 is 0. The number of alkyl carbamates (subject to hydrolysis) is 1. The summed E-state index contributed by atoms with van der Waals surface area (Å²) in [6.07, 6.45) is 3.00. The van der Waals surface area contributed by atoms with Crippen molar-refractivity contribution in [3.05, 3.63) is 53.6 Å². The standard InChI is InChI=1S/C32H46FN5O5Si/c1-22-20-38(21-41-16-17-44(5,6)7)29-28(22)27(10-11-35-29)42-26-9-8-23(18-24(26)33)19-25(36-31(40)43-32(2,3)4)30(39)37-14-12-34-13-15-37/h8-11,18,20,25,34H,12-17,19,21H2,1-7H3,(H,36,40)/t25-/m0/s1. The molecule has 3 heterocycles. The lowest BCUT2D eigenvalue weighted by Gasteiger charge is -2.31. The van der Waals surface area contributed by atoms with Crippen molar-refractivity contribution < 1.29 is 28.2 Å². The fourth-order valence-electron chi connectivity index (χ4n) is 4.97. The molecule has 0 unspecified atom stereocenters. The number of carbonyl (C=O) groups is 2. The van der Waals surface area contributed by atoms with Crippen LogP contribution >= 0.6 is 0 Å². The number of hydrogen-bond donors (Lipinski definition) is 2. The molecule has 1 fully saturated rings. The maximum atomic E-state index is 15.5. The quantitative estimate of drug-likeness (QED) is 0.215. The largest absolute Gasteiger partial charge is 0.453 e. The molecule has 1 aliphatic heterocycles. The molecule has 2 N–H and O–H groups in total. The van der Waals surface area contributed by atoms with E-state index in [1.165, 1.54) is 6.07 Å². The van der Waals surface area contributed by atoms with Crippen LogP contribution in [0.5, 0.6) is 11.5 Å². The Hall–Kier alpha value is -3.48. The Morgan fingerprint density at radius 3 is 2.52 bits per heavy atom. The number of amides is 2. The monoisotopic (exact) mass is 627 g/mol. The lowest BCUT2D eigenvalue weighted by atomic mass is 10.0. The predicted octanol–water partition coefficient (Wildman–Crippen LogP) is 5.46. The highest BCUT2D eigenvalue weighted by atomic mass is 28.3. The van der Waals surface area contributed by atoms with Crippen molar-refractivity contribution in [2.75, 3.05) is 32.8 Å². The van der Waals surface area contributed by atoms with Crippen molar-refractivity contribution in [3.8, 4) is 11.5 Å². The zero-order valence-corrected chi connectivity index (χ0v) is 28.0. The Morgan fingerprint density at radius 2 is 1.86 bits per heavy atom. The summed E-state index contributed by atoms with van der Waals surface area (Å²) in [6, 6.07) is 6.46. The molecule has 0 saturated carbocycles. The van der Waals surface area contributed by atoms with Crippen LogP contribution in [0.25, 0.3) is 11.0 Å². The molecule has 44 heavy (non-hydrogen) atoms. The van der Waals surface area contributed by atoms with Crippen molar-refractivity contribution in [1.82, 2.24) is 25.1 Å². The number of ether oxygens (including phenoxy) is 3. The smallest absolute Gasteiger partial charge is 0.408 e. The van der Waals surface area contributed by atoms with Crippen LogP contribution in [-0.2, 0) is 27.4 Å². The van der Waals surface area contributed by atoms with Gasteiger partial charge >= 0.3 is 6.09 Å². The van der Waals surface area contributed by atoms with Crippen LogP contribution < -0.4 is 15.4 Å². The number of benzene rings is 1. The maximum absolute atomic E-state index is 15.5. The first-order valence-corrected chi connectivity index (χ1v) is 18.9. The van der Waals surface area contributed by atoms with Gasteiger partial charge < -0.3 is 34.3 Å². The summed E-state index contributed by atoms with van der Waals surface area (Å²) in [4.78, 5) is 32.2. The van der Waals surface area contributed by atoms with Crippen molar-refractivity contribution in [2.45, 2.75) is 78.2 Å². The van der Waals surface area contributed by atoms with Gasteiger partial charge in [0, 0.05) is 59.7 Å². The van der Waals surface area contributed by atoms with Gasteiger partial charge in [0.2, 0.25) is 5.91 Å². The zero-order valence-electron chi connectivity index (χ0n) is 27.0. The number of nitrogens with one attached hydrogen (secondary N) is 2. The second kappa shape index (κ2) is 14.1. The number of halogens is 1. The number of piperazine rings is 1.